The van der Waals surface area contributed by atoms with Crippen molar-refractivity contribution in [1.29, 1.82) is 5.26 Å². The van der Waals surface area contributed by atoms with Crippen LogP contribution in [0.2, 0.25) is 0 Å². The topological polar surface area (TPSA) is 45.9 Å². The molecule has 2 aromatic rings. The van der Waals surface area contributed by atoms with E-state index in [1.807, 2.05) is 37.3 Å². The third kappa shape index (κ3) is 2.61. The van der Waals surface area contributed by atoms with Crippen LogP contribution in [0.3, 0.4) is 0 Å². The molecule has 1 heterocycles. The average Bonchev–Trinajstić information content (AvgIpc) is 2.40. The monoisotopic (exact) mass is 224 g/mol. The molecule has 2 rings (SSSR count). The number of para-hydroxylation sites is 1. The molecule has 1 atom stereocenters. The molecule has 0 fully saturated rings. The lowest BCUT2D eigenvalue weighted by Gasteiger charge is -2.14. The van der Waals surface area contributed by atoms with Crippen LogP contribution < -0.4 is 4.74 Å². The standard InChI is InChI=1S/C14H12N2O/c1-11(13-7-4-5-9-16-13)17-14-8-3-2-6-12(14)10-15/h2-9,11H,1H3. The average molecular weight is 224 g/mol. The second-order valence-corrected chi connectivity index (χ2v) is 3.62. The fraction of sp³-hybridized carbons (Fsp3) is 0.143. The molecule has 0 aliphatic rings. The summed E-state index contributed by atoms with van der Waals surface area (Å²) < 4.78 is 5.74. The lowest BCUT2D eigenvalue weighted by molar-refractivity contribution is 0.221. The molecule has 3 nitrogen and oxygen atoms in total. The Balaban J connectivity index is 2.19. The molecule has 3 heteroatoms. The Morgan fingerprint density at radius 1 is 1.18 bits per heavy atom. The molecule has 0 saturated carbocycles. The third-order valence-corrected chi connectivity index (χ3v) is 2.42. The number of ether oxygens (including phenoxy) is 1. The Hall–Kier alpha value is -2.34. The van der Waals surface area contributed by atoms with E-state index in [4.69, 9.17) is 10.00 Å². The number of rotatable bonds is 3. The van der Waals surface area contributed by atoms with Crippen LogP contribution in [-0.2, 0) is 0 Å². The van der Waals surface area contributed by atoms with Crippen molar-refractivity contribution in [3.05, 3.63) is 59.9 Å². The number of hydrogen-bond acceptors (Lipinski definition) is 3. The summed E-state index contributed by atoms with van der Waals surface area (Å²) in [5.74, 6) is 0.591. The molecule has 84 valence electrons. The SMILES string of the molecule is CC(Oc1ccccc1C#N)c1ccccn1. The summed E-state index contributed by atoms with van der Waals surface area (Å²) >= 11 is 0. The first-order chi connectivity index (χ1) is 8.31. The number of hydrogen-bond donors (Lipinski definition) is 0. The van der Waals surface area contributed by atoms with Gasteiger partial charge in [-0.15, -0.1) is 0 Å². The van der Waals surface area contributed by atoms with Crippen molar-refractivity contribution in [3.63, 3.8) is 0 Å². The van der Waals surface area contributed by atoms with E-state index in [-0.39, 0.29) is 6.10 Å². The quantitative estimate of drug-likeness (QED) is 0.804. The van der Waals surface area contributed by atoms with Crippen LogP contribution in [0.15, 0.2) is 48.7 Å². The van der Waals surface area contributed by atoms with E-state index < -0.39 is 0 Å². The fourth-order valence-corrected chi connectivity index (χ4v) is 1.53. The molecule has 0 saturated heterocycles. The van der Waals surface area contributed by atoms with Gasteiger partial charge in [-0.05, 0) is 31.2 Å². The Kier molecular flexibility index (Phi) is 3.37. The molecule has 1 aromatic carbocycles. The lowest BCUT2D eigenvalue weighted by Crippen LogP contribution is -2.05. The van der Waals surface area contributed by atoms with Crippen LogP contribution >= 0.6 is 0 Å². The van der Waals surface area contributed by atoms with Gasteiger partial charge in [-0.3, -0.25) is 4.98 Å². The molecular weight excluding hydrogens is 212 g/mol. The van der Waals surface area contributed by atoms with Crippen molar-refractivity contribution in [2.75, 3.05) is 0 Å². The van der Waals surface area contributed by atoms with Crippen LogP contribution in [0, 0.1) is 11.3 Å². The Morgan fingerprint density at radius 2 is 1.94 bits per heavy atom. The molecule has 1 aromatic heterocycles. The van der Waals surface area contributed by atoms with Crippen molar-refractivity contribution < 1.29 is 4.74 Å². The highest BCUT2D eigenvalue weighted by Crippen LogP contribution is 2.23. The smallest absolute Gasteiger partial charge is 0.138 e. The number of benzene rings is 1. The van der Waals surface area contributed by atoms with Crippen LogP contribution in [0.1, 0.15) is 24.3 Å². The van der Waals surface area contributed by atoms with E-state index in [9.17, 15) is 0 Å². The highest BCUT2D eigenvalue weighted by atomic mass is 16.5. The van der Waals surface area contributed by atoms with Gasteiger partial charge in [0.1, 0.15) is 17.9 Å². The van der Waals surface area contributed by atoms with E-state index in [1.165, 1.54) is 0 Å². The van der Waals surface area contributed by atoms with Gasteiger partial charge in [0.2, 0.25) is 0 Å². The third-order valence-electron chi connectivity index (χ3n) is 2.42. The molecule has 17 heavy (non-hydrogen) atoms. The Morgan fingerprint density at radius 3 is 2.65 bits per heavy atom. The van der Waals surface area contributed by atoms with Crippen LogP contribution in [-0.4, -0.2) is 4.98 Å². The van der Waals surface area contributed by atoms with E-state index >= 15 is 0 Å². The summed E-state index contributed by atoms with van der Waals surface area (Å²) in [6.07, 6.45) is 1.55. The van der Waals surface area contributed by atoms with Gasteiger partial charge in [0.05, 0.1) is 11.3 Å². The molecule has 0 amide bonds. The predicted octanol–water partition coefficient (Wildman–Crippen LogP) is 3.09. The molecule has 0 radical (unpaired) electrons. The van der Waals surface area contributed by atoms with Gasteiger partial charge in [0, 0.05) is 6.20 Å². The highest BCUT2D eigenvalue weighted by Gasteiger charge is 2.10. The van der Waals surface area contributed by atoms with Gasteiger partial charge in [0.25, 0.3) is 0 Å². The summed E-state index contributed by atoms with van der Waals surface area (Å²) in [6, 6.07) is 15.0. The largest absolute Gasteiger partial charge is 0.483 e. The maximum Gasteiger partial charge on any atom is 0.138 e. The second-order valence-electron chi connectivity index (χ2n) is 3.62. The first kappa shape index (κ1) is 11.2. The zero-order valence-corrected chi connectivity index (χ0v) is 9.50. The summed E-state index contributed by atoms with van der Waals surface area (Å²) in [6.45, 7) is 1.91. The van der Waals surface area contributed by atoms with Crippen LogP contribution in [0.5, 0.6) is 5.75 Å². The van der Waals surface area contributed by atoms with E-state index in [1.54, 1.807) is 18.3 Å². The summed E-state index contributed by atoms with van der Waals surface area (Å²) in [7, 11) is 0. The molecular formula is C14H12N2O. The zero-order valence-electron chi connectivity index (χ0n) is 9.50. The molecule has 0 spiro atoms. The van der Waals surface area contributed by atoms with Gasteiger partial charge < -0.3 is 4.74 Å². The van der Waals surface area contributed by atoms with Crippen LogP contribution in [0.25, 0.3) is 0 Å². The minimum absolute atomic E-state index is 0.175. The lowest BCUT2D eigenvalue weighted by atomic mass is 10.2. The van der Waals surface area contributed by atoms with Gasteiger partial charge in [-0.25, -0.2) is 0 Å². The fourth-order valence-electron chi connectivity index (χ4n) is 1.53. The number of nitriles is 1. The Bertz CT molecular complexity index is 531. The second kappa shape index (κ2) is 5.13. The predicted molar refractivity (Wildman–Crippen MR) is 64.4 cm³/mol. The number of pyridine rings is 1. The van der Waals surface area contributed by atoms with Crippen molar-refractivity contribution in [3.8, 4) is 11.8 Å². The van der Waals surface area contributed by atoms with Gasteiger partial charge in [-0.1, -0.05) is 18.2 Å². The van der Waals surface area contributed by atoms with Crippen molar-refractivity contribution in [2.24, 2.45) is 0 Å². The molecule has 1 unspecified atom stereocenters. The van der Waals surface area contributed by atoms with Crippen molar-refractivity contribution in [2.45, 2.75) is 13.0 Å². The number of aromatic nitrogens is 1. The van der Waals surface area contributed by atoms with Gasteiger partial charge in [-0.2, -0.15) is 5.26 Å². The zero-order chi connectivity index (χ0) is 12.1. The Labute approximate surface area is 100 Å². The summed E-state index contributed by atoms with van der Waals surface area (Å²) in [4.78, 5) is 4.22. The van der Waals surface area contributed by atoms with Gasteiger partial charge in [0.15, 0.2) is 0 Å². The maximum atomic E-state index is 8.96. The molecule has 0 aliphatic heterocycles. The minimum atomic E-state index is -0.175. The first-order valence-electron chi connectivity index (χ1n) is 5.38. The normalized spacial score (nSPS) is 11.5. The highest BCUT2D eigenvalue weighted by molar-refractivity contribution is 5.42. The molecule has 0 N–H and O–H groups in total. The van der Waals surface area contributed by atoms with Gasteiger partial charge >= 0.3 is 0 Å². The van der Waals surface area contributed by atoms with E-state index in [0.29, 0.717) is 11.3 Å². The van der Waals surface area contributed by atoms with E-state index in [0.717, 1.165) is 5.69 Å². The first-order valence-corrected chi connectivity index (χ1v) is 5.38. The summed E-state index contributed by atoms with van der Waals surface area (Å²) in [5.41, 5.74) is 1.38. The summed E-state index contributed by atoms with van der Waals surface area (Å²) in [5, 5.41) is 8.96. The van der Waals surface area contributed by atoms with Crippen molar-refractivity contribution in [1.82, 2.24) is 4.98 Å². The van der Waals surface area contributed by atoms with Crippen molar-refractivity contribution >= 4 is 0 Å². The van der Waals surface area contributed by atoms with Crippen LogP contribution in [0.4, 0.5) is 0 Å². The minimum Gasteiger partial charge on any atom is -0.483 e. The molecule has 0 bridgehead atoms. The van der Waals surface area contributed by atoms with E-state index in [2.05, 4.69) is 11.1 Å². The number of nitrogens with zero attached hydrogens (tertiary/aromatic N) is 2. The maximum absolute atomic E-state index is 8.96. The molecule has 0 aliphatic carbocycles.